The highest BCUT2D eigenvalue weighted by molar-refractivity contribution is 5.92. The minimum Gasteiger partial charge on any atom is -0.330 e. The van der Waals surface area contributed by atoms with Crippen LogP contribution in [-0.4, -0.2) is 17.6 Å². The van der Waals surface area contributed by atoms with Crippen molar-refractivity contribution in [1.82, 2.24) is 10.5 Å². The van der Waals surface area contributed by atoms with E-state index in [0.717, 1.165) is 28.9 Å². The van der Waals surface area contributed by atoms with Crippen LogP contribution in [0.3, 0.4) is 0 Å². The van der Waals surface area contributed by atoms with Crippen LogP contribution in [0.4, 0.5) is 0 Å². The third kappa shape index (κ3) is 2.43. The second kappa shape index (κ2) is 5.86. The molecule has 0 radical (unpaired) electrons. The van der Waals surface area contributed by atoms with E-state index in [0.29, 0.717) is 6.54 Å². The first-order chi connectivity index (χ1) is 9.90. The lowest BCUT2D eigenvalue weighted by molar-refractivity contribution is 0.0520. The molecule has 2 aromatic rings. The Labute approximate surface area is 118 Å². The van der Waals surface area contributed by atoms with Crippen LogP contribution in [-0.2, 0) is 4.84 Å². The molecule has 1 atom stereocenters. The molecule has 1 aliphatic heterocycles. The van der Waals surface area contributed by atoms with Crippen molar-refractivity contribution in [2.75, 3.05) is 6.54 Å². The minimum atomic E-state index is -0.0422. The second-order valence-corrected chi connectivity index (χ2v) is 4.66. The molecule has 0 fully saturated rings. The van der Waals surface area contributed by atoms with Gasteiger partial charge in [-0.3, -0.25) is 15.3 Å². The van der Waals surface area contributed by atoms with Gasteiger partial charge < -0.3 is 5.73 Å². The fourth-order valence-corrected chi connectivity index (χ4v) is 2.41. The van der Waals surface area contributed by atoms with E-state index < -0.39 is 0 Å². The Kier molecular flexibility index (Phi) is 3.76. The molecule has 0 saturated heterocycles. The average molecular weight is 267 g/mol. The van der Waals surface area contributed by atoms with E-state index in [1.54, 1.807) is 6.20 Å². The van der Waals surface area contributed by atoms with Crippen LogP contribution in [0.15, 0.2) is 54.7 Å². The SMILES string of the molecule is NCCC1ONC(c2ccccn2)=C1c1ccccc1. The van der Waals surface area contributed by atoms with Crippen LogP contribution in [0.1, 0.15) is 17.7 Å². The van der Waals surface area contributed by atoms with Crippen molar-refractivity contribution >= 4 is 11.3 Å². The molecule has 0 aliphatic carbocycles. The second-order valence-electron chi connectivity index (χ2n) is 4.66. The monoisotopic (exact) mass is 267 g/mol. The minimum absolute atomic E-state index is 0.0422. The summed E-state index contributed by atoms with van der Waals surface area (Å²) in [6, 6.07) is 16.1. The van der Waals surface area contributed by atoms with Crippen LogP contribution >= 0.6 is 0 Å². The number of aromatic nitrogens is 1. The van der Waals surface area contributed by atoms with Gasteiger partial charge in [-0.1, -0.05) is 36.4 Å². The van der Waals surface area contributed by atoms with E-state index in [4.69, 9.17) is 10.6 Å². The molecular formula is C16H17N3O. The zero-order valence-electron chi connectivity index (χ0n) is 11.1. The van der Waals surface area contributed by atoms with Crippen LogP contribution in [0.25, 0.3) is 11.3 Å². The van der Waals surface area contributed by atoms with E-state index in [9.17, 15) is 0 Å². The van der Waals surface area contributed by atoms with Gasteiger partial charge in [0.05, 0.1) is 11.4 Å². The summed E-state index contributed by atoms with van der Waals surface area (Å²) in [6.07, 6.45) is 2.51. The number of hydrogen-bond donors (Lipinski definition) is 2. The first kappa shape index (κ1) is 12.8. The normalized spacial score (nSPS) is 18.1. The van der Waals surface area contributed by atoms with Gasteiger partial charge in [0.2, 0.25) is 0 Å². The molecule has 0 saturated carbocycles. The number of nitrogens with one attached hydrogen (secondary N) is 1. The zero-order chi connectivity index (χ0) is 13.8. The van der Waals surface area contributed by atoms with Gasteiger partial charge in [0.15, 0.2) is 0 Å². The van der Waals surface area contributed by atoms with E-state index in [1.807, 2.05) is 36.4 Å². The van der Waals surface area contributed by atoms with Crippen molar-refractivity contribution in [3.8, 4) is 0 Å². The lowest BCUT2D eigenvalue weighted by Crippen LogP contribution is -2.18. The Morgan fingerprint density at radius 1 is 1.10 bits per heavy atom. The lowest BCUT2D eigenvalue weighted by atomic mass is 9.96. The fourth-order valence-electron chi connectivity index (χ4n) is 2.41. The molecule has 1 aromatic carbocycles. The maximum atomic E-state index is 5.69. The standard InChI is InChI=1S/C16H17N3O/c17-10-9-14-15(12-6-2-1-3-7-12)16(19-20-14)13-8-4-5-11-18-13/h1-8,11,14,19H,9-10,17H2. The van der Waals surface area contributed by atoms with E-state index in [1.165, 1.54) is 0 Å². The molecule has 3 rings (SSSR count). The van der Waals surface area contributed by atoms with Gasteiger partial charge in [-0.15, -0.1) is 0 Å². The summed E-state index contributed by atoms with van der Waals surface area (Å²) in [5.41, 5.74) is 12.8. The Bertz CT molecular complexity index is 596. The van der Waals surface area contributed by atoms with Crippen molar-refractivity contribution in [2.45, 2.75) is 12.5 Å². The number of pyridine rings is 1. The van der Waals surface area contributed by atoms with Gasteiger partial charge in [0.1, 0.15) is 6.10 Å². The van der Waals surface area contributed by atoms with Crippen molar-refractivity contribution in [3.63, 3.8) is 0 Å². The Hall–Kier alpha value is -2.17. The third-order valence-corrected chi connectivity index (χ3v) is 3.33. The highest BCUT2D eigenvalue weighted by Crippen LogP contribution is 2.33. The molecule has 0 amide bonds. The largest absolute Gasteiger partial charge is 0.330 e. The van der Waals surface area contributed by atoms with Gasteiger partial charge in [-0.25, -0.2) is 0 Å². The predicted octanol–water partition coefficient (Wildman–Crippen LogP) is 2.20. The summed E-state index contributed by atoms with van der Waals surface area (Å²) in [7, 11) is 0. The lowest BCUT2D eigenvalue weighted by Gasteiger charge is -2.12. The van der Waals surface area contributed by atoms with Crippen LogP contribution in [0, 0.1) is 0 Å². The Morgan fingerprint density at radius 2 is 1.90 bits per heavy atom. The van der Waals surface area contributed by atoms with Crippen molar-refractivity contribution < 1.29 is 4.84 Å². The molecule has 102 valence electrons. The third-order valence-electron chi connectivity index (χ3n) is 3.33. The van der Waals surface area contributed by atoms with Crippen molar-refractivity contribution in [3.05, 3.63) is 66.0 Å². The number of benzene rings is 1. The molecule has 3 N–H and O–H groups in total. The molecule has 1 unspecified atom stereocenters. The summed E-state index contributed by atoms with van der Waals surface area (Å²) >= 11 is 0. The van der Waals surface area contributed by atoms with E-state index >= 15 is 0 Å². The molecular weight excluding hydrogens is 250 g/mol. The topological polar surface area (TPSA) is 60.2 Å². The predicted molar refractivity (Wildman–Crippen MR) is 79.2 cm³/mol. The molecule has 1 aliphatic rings. The Balaban J connectivity index is 2.08. The summed E-state index contributed by atoms with van der Waals surface area (Å²) in [4.78, 5) is 10.1. The summed E-state index contributed by atoms with van der Waals surface area (Å²) in [5.74, 6) is 0. The molecule has 1 aromatic heterocycles. The van der Waals surface area contributed by atoms with Crippen LogP contribution in [0.5, 0.6) is 0 Å². The maximum absolute atomic E-state index is 5.69. The number of nitrogens with zero attached hydrogens (tertiary/aromatic N) is 1. The molecule has 0 spiro atoms. The van der Waals surface area contributed by atoms with Crippen LogP contribution < -0.4 is 11.2 Å². The van der Waals surface area contributed by atoms with Gasteiger partial charge in [0, 0.05) is 11.8 Å². The summed E-state index contributed by atoms with van der Waals surface area (Å²) in [6.45, 7) is 0.582. The smallest absolute Gasteiger partial charge is 0.114 e. The molecule has 0 bridgehead atoms. The molecule has 4 nitrogen and oxygen atoms in total. The highest BCUT2D eigenvalue weighted by Gasteiger charge is 2.28. The van der Waals surface area contributed by atoms with Gasteiger partial charge in [0.25, 0.3) is 0 Å². The van der Waals surface area contributed by atoms with Gasteiger partial charge in [-0.05, 0) is 30.7 Å². The number of rotatable bonds is 4. The molecule has 2 heterocycles. The molecule has 20 heavy (non-hydrogen) atoms. The number of hydroxylamine groups is 1. The van der Waals surface area contributed by atoms with Crippen LogP contribution in [0.2, 0.25) is 0 Å². The zero-order valence-corrected chi connectivity index (χ0v) is 11.1. The fraction of sp³-hybridized carbons (Fsp3) is 0.188. The first-order valence-corrected chi connectivity index (χ1v) is 6.73. The number of hydrogen-bond acceptors (Lipinski definition) is 4. The van der Waals surface area contributed by atoms with E-state index in [-0.39, 0.29) is 6.10 Å². The summed E-state index contributed by atoms with van der Waals surface area (Å²) < 4.78 is 0. The molecule has 4 heteroatoms. The number of nitrogens with two attached hydrogens (primary N) is 1. The Morgan fingerprint density at radius 3 is 2.60 bits per heavy atom. The summed E-state index contributed by atoms with van der Waals surface area (Å²) in [5, 5.41) is 0. The van der Waals surface area contributed by atoms with Crippen molar-refractivity contribution in [1.29, 1.82) is 0 Å². The van der Waals surface area contributed by atoms with E-state index in [2.05, 4.69) is 22.6 Å². The quantitative estimate of drug-likeness (QED) is 0.891. The van der Waals surface area contributed by atoms with Crippen molar-refractivity contribution in [2.24, 2.45) is 5.73 Å². The van der Waals surface area contributed by atoms with Gasteiger partial charge >= 0.3 is 0 Å². The maximum Gasteiger partial charge on any atom is 0.114 e. The van der Waals surface area contributed by atoms with Gasteiger partial charge in [-0.2, -0.15) is 0 Å². The highest BCUT2D eigenvalue weighted by atomic mass is 16.7. The first-order valence-electron chi connectivity index (χ1n) is 6.73. The average Bonchev–Trinajstić information content (AvgIpc) is 2.93.